The molecule has 114 valence electrons. The van der Waals surface area contributed by atoms with Crippen LogP contribution in [0, 0.1) is 0 Å². The van der Waals surface area contributed by atoms with E-state index in [1.165, 1.54) is 18.4 Å². The highest BCUT2D eigenvalue weighted by Crippen LogP contribution is 2.29. The van der Waals surface area contributed by atoms with Crippen LogP contribution in [0.15, 0.2) is 29.8 Å². The van der Waals surface area contributed by atoms with Crippen molar-refractivity contribution in [1.82, 2.24) is 4.90 Å². The van der Waals surface area contributed by atoms with Crippen LogP contribution in [-0.2, 0) is 0 Å². The molecule has 0 amide bonds. The summed E-state index contributed by atoms with van der Waals surface area (Å²) in [5.74, 6) is 1.26. The summed E-state index contributed by atoms with van der Waals surface area (Å²) in [6.45, 7) is 6.48. The second-order valence-electron chi connectivity index (χ2n) is 5.25. The SMILES string of the molecule is CC(C)=CCOc1cc(OC(=S)N2CCCC2)ccc1Cl. The Balaban J connectivity index is 2.00. The number of allylic oxidation sites excluding steroid dienone is 1. The standard InChI is InChI=1S/C16H20ClNO2S/c1-12(2)7-10-19-15-11-13(5-6-14(15)17)20-16(21)18-8-3-4-9-18/h5-7,11H,3-4,8-10H2,1-2H3. The summed E-state index contributed by atoms with van der Waals surface area (Å²) >= 11 is 11.4. The molecule has 1 aliphatic heterocycles. The summed E-state index contributed by atoms with van der Waals surface area (Å²) in [5, 5.41) is 1.08. The Bertz CT molecular complexity index is 535. The van der Waals surface area contributed by atoms with E-state index in [2.05, 4.69) is 4.90 Å². The van der Waals surface area contributed by atoms with Gasteiger partial charge in [-0.25, -0.2) is 0 Å². The predicted molar refractivity (Wildman–Crippen MR) is 90.4 cm³/mol. The molecule has 0 bridgehead atoms. The van der Waals surface area contributed by atoms with E-state index in [4.69, 9.17) is 33.3 Å². The van der Waals surface area contributed by atoms with Crippen molar-refractivity contribution >= 4 is 29.0 Å². The third-order valence-electron chi connectivity index (χ3n) is 3.20. The second kappa shape index (κ2) is 7.66. The van der Waals surface area contributed by atoms with E-state index in [9.17, 15) is 0 Å². The van der Waals surface area contributed by atoms with Crippen LogP contribution in [0.1, 0.15) is 26.7 Å². The zero-order chi connectivity index (χ0) is 15.2. The van der Waals surface area contributed by atoms with Crippen molar-refractivity contribution in [2.45, 2.75) is 26.7 Å². The molecule has 1 aromatic carbocycles. The maximum Gasteiger partial charge on any atom is 0.264 e. The molecule has 0 saturated carbocycles. The summed E-state index contributed by atoms with van der Waals surface area (Å²) in [5.41, 5.74) is 1.20. The third kappa shape index (κ3) is 4.90. The molecule has 3 nitrogen and oxygen atoms in total. The first kappa shape index (κ1) is 16.1. The van der Waals surface area contributed by atoms with Gasteiger partial charge in [0.25, 0.3) is 5.17 Å². The molecule has 1 aliphatic rings. The van der Waals surface area contributed by atoms with Gasteiger partial charge in [-0.05, 0) is 57.1 Å². The lowest BCUT2D eigenvalue weighted by Gasteiger charge is -2.18. The smallest absolute Gasteiger partial charge is 0.264 e. The van der Waals surface area contributed by atoms with Gasteiger partial charge in [0.1, 0.15) is 18.1 Å². The molecular formula is C16H20ClNO2S. The molecule has 0 unspecified atom stereocenters. The Hall–Kier alpha value is -1.26. The van der Waals surface area contributed by atoms with Crippen molar-refractivity contribution < 1.29 is 9.47 Å². The maximum absolute atomic E-state index is 6.13. The second-order valence-corrected chi connectivity index (χ2v) is 6.00. The average molecular weight is 326 g/mol. The molecule has 1 fully saturated rings. The highest BCUT2D eigenvalue weighted by molar-refractivity contribution is 7.80. The van der Waals surface area contributed by atoms with Gasteiger partial charge >= 0.3 is 0 Å². The highest BCUT2D eigenvalue weighted by Gasteiger charge is 2.16. The van der Waals surface area contributed by atoms with Gasteiger partial charge in [-0.1, -0.05) is 17.2 Å². The quantitative estimate of drug-likeness (QED) is 0.602. The number of rotatable bonds is 4. The van der Waals surface area contributed by atoms with Crippen LogP contribution < -0.4 is 9.47 Å². The Morgan fingerprint density at radius 2 is 2.05 bits per heavy atom. The minimum absolute atomic E-state index is 0.488. The van der Waals surface area contributed by atoms with Gasteiger partial charge in [0.15, 0.2) is 0 Å². The van der Waals surface area contributed by atoms with Crippen molar-refractivity contribution in [3.05, 3.63) is 34.9 Å². The summed E-state index contributed by atoms with van der Waals surface area (Å²) in [7, 11) is 0. The fourth-order valence-electron chi connectivity index (χ4n) is 2.02. The van der Waals surface area contributed by atoms with Gasteiger partial charge in [-0.15, -0.1) is 0 Å². The molecule has 0 N–H and O–H groups in total. The lowest BCUT2D eigenvalue weighted by atomic mass is 10.3. The van der Waals surface area contributed by atoms with E-state index in [-0.39, 0.29) is 0 Å². The van der Waals surface area contributed by atoms with Gasteiger partial charge < -0.3 is 14.4 Å². The molecule has 1 aromatic rings. The minimum Gasteiger partial charge on any atom is -0.488 e. The monoisotopic (exact) mass is 325 g/mol. The number of ether oxygens (including phenoxy) is 2. The summed E-state index contributed by atoms with van der Waals surface area (Å²) in [4.78, 5) is 2.08. The number of likely N-dealkylation sites (tertiary alicyclic amines) is 1. The van der Waals surface area contributed by atoms with Crippen LogP contribution in [0.3, 0.4) is 0 Å². The predicted octanol–water partition coefficient (Wildman–Crippen LogP) is 4.44. The topological polar surface area (TPSA) is 21.7 Å². The lowest BCUT2D eigenvalue weighted by Crippen LogP contribution is -2.30. The van der Waals surface area contributed by atoms with Gasteiger partial charge in [0.05, 0.1) is 5.02 Å². The van der Waals surface area contributed by atoms with Gasteiger partial charge in [-0.3, -0.25) is 0 Å². The van der Waals surface area contributed by atoms with Gasteiger partial charge in [-0.2, -0.15) is 0 Å². The number of halogens is 1. The van der Waals surface area contributed by atoms with E-state index in [0.717, 1.165) is 13.1 Å². The van der Waals surface area contributed by atoms with Gasteiger partial charge in [0.2, 0.25) is 0 Å². The van der Waals surface area contributed by atoms with Crippen LogP contribution in [0.2, 0.25) is 5.02 Å². The van der Waals surface area contributed by atoms with Crippen LogP contribution in [0.5, 0.6) is 11.5 Å². The first-order chi connectivity index (χ1) is 10.1. The number of thiocarbonyl (C=S) groups is 1. The molecule has 0 spiro atoms. The van der Waals surface area contributed by atoms with Crippen LogP contribution in [-0.4, -0.2) is 29.8 Å². The van der Waals surface area contributed by atoms with E-state index >= 15 is 0 Å². The van der Waals surface area contributed by atoms with E-state index in [1.54, 1.807) is 18.2 Å². The number of benzene rings is 1. The average Bonchev–Trinajstić information content (AvgIpc) is 2.96. The van der Waals surface area contributed by atoms with Crippen molar-refractivity contribution in [3.63, 3.8) is 0 Å². The zero-order valence-corrected chi connectivity index (χ0v) is 14.0. The minimum atomic E-state index is 0.488. The maximum atomic E-state index is 6.13. The summed E-state index contributed by atoms with van der Waals surface area (Å²) < 4.78 is 11.4. The molecule has 1 heterocycles. The fourth-order valence-corrected chi connectivity index (χ4v) is 2.47. The lowest BCUT2D eigenvalue weighted by molar-refractivity contribution is 0.358. The molecule has 0 radical (unpaired) electrons. The molecule has 21 heavy (non-hydrogen) atoms. The third-order valence-corrected chi connectivity index (χ3v) is 3.86. The van der Waals surface area contributed by atoms with Crippen molar-refractivity contribution in [1.29, 1.82) is 0 Å². The number of nitrogens with zero attached hydrogens (tertiary/aromatic N) is 1. The molecule has 0 aliphatic carbocycles. The largest absolute Gasteiger partial charge is 0.488 e. The van der Waals surface area contributed by atoms with Crippen LogP contribution >= 0.6 is 23.8 Å². The number of hydrogen-bond acceptors (Lipinski definition) is 3. The van der Waals surface area contributed by atoms with Crippen molar-refractivity contribution in [3.8, 4) is 11.5 Å². The molecule has 0 aromatic heterocycles. The Labute approximate surface area is 136 Å². The summed E-state index contributed by atoms with van der Waals surface area (Å²) in [6, 6.07) is 5.35. The first-order valence-corrected chi connectivity index (χ1v) is 7.87. The van der Waals surface area contributed by atoms with Crippen molar-refractivity contribution in [2.24, 2.45) is 0 Å². The Kier molecular flexibility index (Phi) is 5.88. The molecular weight excluding hydrogens is 306 g/mol. The molecule has 2 rings (SSSR count). The highest BCUT2D eigenvalue weighted by atomic mass is 35.5. The summed E-state index contributed by atoms with van der Waals surface area (Å²) in [6.07, 6.45) is 4.33. The van der Waals surface area contributed by atoms with E-state index in [0.29, 0.717) is 28.3 Å². The first-order valence-electron chi connectivity index (χ1n) is 7.09. The fraction of sp³-hybridized carbons (Fsp3) is 0.438. The molecule has 0 atom stereocenters. The Morgan fingerprint density at radius 3 is 2.71 bits per heavy atom. The number of hydrogen-bond donors (Lipinski definition) is 0. The van der Waals surface area contributed by atoms with Crippen LogP contribution in [0.25, 0.3) is 0 Å². The Morgan fingerprint density at radius 1 is 1.33 bits per heavy atom. The van der Waals surface area contributed by atoms with Crippen LogP contribution in [0.4, 0.5) is 0 Å². The van der Waals surface area contributed by atoms with Gasteiger partial charge in [0, 0.05) is 19.2 Å². The van der Waals surface area contributed by atoms with Crippen molar-refractivity contribution in [2.75, 3.05) is 19.7 Å². The normalized spacial score (nSPS) is 14.0. The van der Waals surface area contributed by atoms with E-state index in [1.807, 2.05) is 19.9 Å². The van der Waals surface area contributed by atoms with E-state index < -0.39 is 0 Å². The molecule has 1 saturated heterocycles. The zero-order valence-electron chi connectivity index (χ0n) is 12.4. The molecule has 5 heteroatoms.